The molecule has 3 aromatic carbocycles. The van der Waals surface area contributed by atoms with Gasteiger partial charge in [-0.05, 0) is 68.0 Å². The highest BCUT2D eigenvalue weighted by atomic mass is 32.2. The molecule has 0 unspecified atom stereocenters. The van der Waals surface area contributed by atoms with Crippen LogP contribution in [0.4, 0.5) is 5.69 Å². The maximum absolute atomic E-state index is 13.4. The number of thioether (sulfide) groups is 1. The van der Waals surface area contributed by atoms with Crippen LogP contribution < -0.4 is 14.4 Å². The number of ether oxygens (including phenoxy) is 1. The first-order valence-electron chi connectivity index (χ1n) is 11.4. The normalized spacial score (nSPS) is 11.2. The molecule has 0 aliphatic heterocycles. The van der Waals surface area contributed by atoms with Crippen LogP contribution in [0.25, 0.3) is 0 Å². The first kappa shape index (κ1) is 26.6. The zero-order valence-electron chi connectivity index (χ0n) is 20.4. The molecule has 35 heavy (non-hydrogen) atoms. The smallest absolute Gasteiger partial charge is 0.264 e. The molecule has 0 fully saturated rings. The largest absolute Gasteiger partial charge is 0.497 e. The molecule has 6 nitrogen and oxygen atoms in total. The van der Waals surface area contributed by atoms with Crippen LogP contribution in [-0.2, 0) is 20.6 Å². The molecule has 1 amide bonds. The van der Waals surface area contributed by atoms with E-state index in [2.05, 4.69) is 36.5 Å². The predicted molar refractivity (Wildman–Crippen MR) is 144 cm³/mol. The Hall–Kier alpha value is -2.97. The Morgan fingerprint density at radius 2 is 1.69 bits per heavy atom. The van der Waals surface area contributed by atoms with Crippen molar-refractivity contribution in [3.05, 3.63) is 89.5 Å². The van der Waals surface area contributed by atoms with Gasteiger partial charge in [-0.15, -0.1) is 0 Å². The number of rotatable bonds is 12. The molecule has 0 aliphatic carbocycles. The van der Waals surface area contributed by atoms with Gasteiger partial charge in [-0.25, -0.2) is 8.42 Å². The summed E-state index contributed by atoms with van der Waals surface area (Å²) in [7, 11) is -2.43. The van der Waals surface area contributed by atoms with E-state index in [1.807, 2.05) is 30.8 Å². The van der Waals surface area contributed by atoms with Crippen LogP contribution in [0.15, 0.2) is 77.7 Å². The number of amides is 1. The van der Waals surface area contributed by atoms with Crippen molar-refractivity contribution in [2.45, 2.75) is 30.9 Å². The predicted octanol–water partition coefficient (Wildman–Crippen LogP) is 4.95. The third-order valence-corrected chi connectivity index (χ3v) is 8.30. The quantitative estimate of drug-likeness (QED) is 0.348. The molecule has 0 spiro atoms. The Kier molecular flexibility index (Phi) is 9.63. The Bertz CT molecular complexity index is 1210. The highest BCUT2D eigenvalue weighted by Crippen LogP contribution is 2.25. The first-order chi connectivity index (χ1) is 16.8. The summed E-state index contributed by atoms with van der Waals surface area (Å²) in [4.78, 5) is 12.8. The van der Waals surface area contributed by atoms with Gasteiger partial charge in [0.1, 0.15) is 12.3 Å². The molecule has 186 valence electrons. The van der Waals surface area contributed by atoms with Crippen molar-refractivity contribution in [3.8, 4) is 5.75 Å². The number of carbonyl (C=O) groups is 1. The van der Waals surface area contributed by atoms with Gasteiger partial charge in [-0.1, -0.05) is 47.5 Å². The SMILES string of the molecule is COc1ccc(S(=O)(=O)N(CC(=O)NCCCSCc2cccc(C)c2)c2ccc(C)cc2)cc1. The number of nitrogens with zero attached hydrogens (tertiary/aromatic N) is 1. The van der Waals surface area contributed by atoms with Crippen LogP contribution >= 0.6 is 11.8 Å². The summed E-state index contributed by atoms with van der Waals surface area (Å²) in [6, 6.07) is 21.7. The minimum atomic E-state index is -3.95. The van der Waals surface area contributed by atoms with Gasteiger partial charge in [-0.2, -0.15) is 11.8 Å². The maximum atomic E-state index is 13.4. The summed E-state index contributed by atoms with van der Waals surface area (Å²) in [5, 5.41) is 2.87. The molecule has 0 aromatic heterocycles. The van der Waals surface area contributed by atoms with Gasteiger partial charge in [0.25, 0.3) is 10.0 Å². The molecule has 3 aromatic rings. The monoisotopic (exact) mass is 512 g/mol. The fraction of sp³-hybridized carbons (Fsp3) is 0.296. The Morgan fingerprint density at radius 1 is 0.971 bits per heavy atom. The minimum absolute atomic E-state index is 0.0965. The number of carbonyl (C=O) groups excluding carboxylic acids is 1. The van der Waals surface area contributed by atoms with Crippen LogP contribution in [0.3, 0.4) is 0 Å². The van der Waals surface area contributed by atoms with E-state index in [0.717, 1.165) is 27.8 Å². The molecule has 1 N–H and O–H groups in total. The summed E-state index contributed by atoms with van der Waals surface area (Å²) in [5.74, 6) is 2.05. The lowest BCUT2D eigenvalue weighted by Crippen LogP contribution is -2.41. The van der Waals surface area contributed by atoms with Crippen molar-refractivity contribution in [1.82, 2.24) is 5.32 Å². The van der Waals surface area contributed by atoms with Gasteiger partial charge in [0.2, 0.25) is 5.91 Å². The molecule has 0 radical (unpaired) electrons. The van der Waals surface area contributed by atoms with Crippen molar-refractivity contribution >= 4 is 33.4 Å². The van der Waals surface area contributed by atoms with Crippen LogP contribution in [-0.4, -0.2) is 40.3 Å². The fourth-order valence-corrected chi connectivity index (χ4v) is 5.81. The van der Waals surface area contributed by atoms with Crippen LogP contribution in [0.2, 0.25) is 0 Å². The van der Waals surface area contributed by atoms with Crippen molar-refractivity contribution in [3.63, 3.8) is 0 Å². The molecule has 0 saturated carbocycles. The standard InChI is InChI=1S/C27H32N2O4S2/c1-21-8-10-24(11-9-21)29(35(31,32)26-14-12-25(33-3)13-15-26)19-27(30)28-16-5-17-34-20-23-7-4-6-22(2)18-23/h4,6-15,18H,5,16-17,19-20H2,1-3H3,(H,28,30). The van der Waals surface area contributed by atoms with Crippen LogP contribution in [0.1, 0.15) is 23.1 Å². The van der Waals surface area contributed by atoms with E-state index in [0.29, 0.717) is 18.0 Å². The van der Waals surface area contributed by atoms with E-state index >= 15 is 0 Å². The third-order valence-electron chi connectivity index (χ3n) is 5.40. The highest BCUT2D eigenvalue weighted by molar-refractivity contribution is 7.98. The summed E-state index contributed by atoms with van der Waals surface area (Å²) in [6.45, 7) is 4.20. The number of hydrogen-bond acceptors (Lipinski definition) is 5. The lowest BCUT2D eigenvalue weighted by atomic mass is 10.2. The van der Waals surface area contributed by atoms with Gasteiger partial charge in [0.15, 0.2) is 0 Å². The second kappa shape index (κ2) is 12.7. The molecule has 0 heterocycles. The number of nitrogens with one attached hydrogen (secondary N) is 1. The van der Waals surface area contributed by atoms with Gasteiger partial charge in [0, 0.05) is 12.3 Å². The first-order valence-corrected chi connectivity index (χ1v) is 14.0. The van der Waals surface area contributed by atoms with Gasteiger partial charge < -0.3 is 10.1 Å². The van der Waals surface area contributed by atoms with E-state index in [4.69, 9.17) is 4.74 Å². The molecule has 3 rings (SSSR count). The van der Waals surface area contributed by atoms with Crippen molar-refractivity contribution in [1.29, 1.82) is 0 Å². The van der Waals surface area contributed by atoms with E-state index in [1.54, 1.807) is 24.3 Å². The number of hydrogen-bond donors (Lipinski definition) is 1. The third kappa shape index (κ3) is 7.77. The number of methoxy groups -OCH3 is 1. The van der Waals surface area contributed by atoms with Gasteiger partial charge in [-0.3, -0.25) is 9.10 Å². The second-order valence-corrected chi connectivity index (χ2v) is 11.2. The van der Waals surface area contributed by atoms with E-state index in [9.17, 15) is 13.2 Å². The lowest BCUT2D eigenvalue weighted by molar-refractivity contribution is -0.119. The number of anilines is 1. The fourth-order valence-electron chi connectivity index (χ4n) is 3.48. The number of sulfonamides is 1. The lowest BCUT2D eigenvalue weighted by Gasteiger charge is -2.24. The van der Waals surface area contributed by atoms with Crippen LogP contribution in [0, 0.1) is 13.8 Å². The molecule has 0 aliphatic rings. The zero-order chi connectivity index (χ0) is 25.3. The summed E-state index contributed by atoms with van der Waals surface area (Å²) in [6.07, 6.45) is 0.804. The summed E-state index contributed by atoms with van der Waals surface area (Å²) >= 11 is 1.82. The zero-order valence-corrected chi connectivity index (χ0v) is 22.0. The van der Waals surface area contributed by atoms with Crippen LogP contribution in [0.5, 0.6) is 5.75 Å². The van der Waals surface area contributed by atoms with E-state index in [1.165, 1.54) is 30.4 Å². The average molecular weight is 513 g/mol. The topological polar surface area (TPSA) is 75.7 Å². The van der Waals surface area contributed by atoms with E-state index in [-0.39, 0.29) is 17.3 Å². The van der Waals surface area contributed by atoms with Crippen molar-refractivity contribution in [2.24, 2.45) is 0 Å². The van der Waals surface area contributed by atoms with Crippen molar-refractivity contribution < 1.29 is 17.9 Å². The van der Waals surface area contributed by atoms with Gasteiger partial charge in [0.05, 0.1) is 17.7 Å². The molecule has 0 bridgehead atoms. The maximum Gasteiger partial charge on any atom is 0.264 e. The highest BCUT2D eigenvalue weighted by Gasteiger charge is 2.27. The summed E-state index contributed by atoms with van der Waals surface area (Å²) in [5.41, 5.74) is 3.98. The second-order valence-electron chi connectivity index (χ2n) is 8.27. The Labute approximate surface area is 212 Å². The Balaban J connectivity index is 1.59. The average Bonchev–Trinajstić information content (AvgIpc) is 2.85. The number of aryl methyl sites for hydroxylation is 2. The van der Waals surface area contributed by atoms with Gasteiger partial charge >= 0.3 is 0 Å². The molecule has 0 atom stereocenters. The summed E-state index contributed by atoms with van der Waals surface area (Å²) < 4.78 is 33.1. The van der Waals surface area contributed by atoms with E-state index < -0.39 is 10.0 Å². The molecule has 8 heteroatoms. The van der Waals surface area contributed by atoms with Crippen molar-refractivity contribution in [2.75, 3.05) is 30.3 Å². The molecular weight excluding hydrogens is 480 g/mol. The molecular formula is C27H32N2O4S2. The minimum Gasteiger partial charge on any atom is -0.497 e. The number of benzene rings is 3. The molecule has 0 saturated heterocycles. The Morgan fingerprint density at radius 3 is 2.34 bits per heavy atom.